The van der Waals surface area contributed by atoms with Crippen molar-refractivity contribution >= 4 is 35.3 Å². The van der Waals surface area contributed by atoms with Crippen molar-refractivity contribution in [3.63, 3.8) is 0 Å². The molecule has 0 aromatic carbocycles. The second-order valence-corrected chi connectivity index (χ2v) is 14.4. The van der Waals surface area contributed by atoms with Crippen LogP contribution in [0.15, 0.2) is 30.4 Å². The van der Waals surface area contributed by atoms with Gasteiger partial charge in [-0.2, -0.15) is 0 Å². The fourth-order valence-electron chi connectivity index (χ4n) is 6.42. The van der Waals surface area contributed by atoms with Gasteiger partial charge >= 0.3 is 0 Å². The average molecular weight is 674 g/mol. The lowest BCUT2D eigenvalue weighted by molar-refractivity contribution is -0.143. The number of carbonyl (C=O) groups excluding carboxylic acids is 6. The number of hydrogen-bond donors (Lipinski definition) is 4. The van der Waals surface area contributed by atoms with E-state index in [2.05, 4.69) is 31.2 Å². The Kier molecular flexibility index (Phi) is 11.6. The van der Waals surface area contributed by atoms with Crippen LogP contribution in [0, 0.1) is 23.2 Å². The zero-order valence-corrected chi connectivity index (χ0v) is 27.9. The Labute approximate surface area is 278 Å². The number of amides is 5. The van der Waals surface area contributed by atoms with E-state index in [0.29, 0.717) is 19.3 Å². The summed E-state index contributed by atoms with van der Waals surface area (Å²) in [7, 11) is 0. The number of aromatic nitrogens is 2. The second kappa shape index (κ2) is 15.3. The lowest BCUT2D eigenvalue weighted by Crippen LogP contribution is -2.59. The quantitative estimate of drug-likeness (QED) is 0.181. The van der Waals surface area contributed by atoms with Crippen molar-refractivity contribution < 1.29 is 37.5 Å². The summed E-state index contributed by atoms with van der Waals surface area (Å²) >= 11 is 0. The van der Waals surface area contributed by atoms with Crippen molar-refractivity contribution in [1.29, 1.82) is 0 Å². The summed E-state index contributed by atoms with van der Waals surface area (Å²) in [5.41, 5.74) is -1.30. The van der Waals surface area contributed by atoms with E-state index < -0.39 is 71.0 Å². The molecule has 0 spiro atoms. The fourth-order valence-corrected chi connectivity index (χ4v) is 6.42. The summed E-state index contributed by atoms with van der Waals surface area (Å²) in [6.07, 6.45) is 4.76. The van der Waals surface area contributed by atoms with E-state index in [9.17, 15) is 37.5 Å². The molecule has 3 fully saturated rings. The molecule has 262 valence electrons. The Bertz CT molecular complexity index is 1430. The molecule has 2 saturated carbocycles. The van der Waals surface area contributed by atoms with E-state index in [0.717, 1.165) is 12.8 Å². The van der Waals surface area contributed by atoms with Crippen LogP contribution in [0.1, 0.15) is 83.6 Å². The van der Waals surface area contributed by atoms with Crippen LogP contribution in [0.3, 0.4) is 0 Å². The highest BCUT2D eigenvalue weighted by molar-refractivity contribution is 6.43. The topological polar surface area (TPSA) is 180 Å². The first-order chi connectivity index (χ1) is 22.6. The third-order valence-electron chi connectivity index (χ3n) is 8.82. The fraction of sp³-hybridized carbons (Fsp3) is 0.636. The monoisotopic (exact) mass is 673 g/mol. The number of alkyl halides is 2. The van der Waals surface area contributed by atoms with Crippen molar-refractivity contribution in [3.05, 3.63) is 36.1 Å². The molecular formula is C33H45F2N7O6. The minimum absolute atomic E-state index is 0.0134. The predicted octanol–water partition coefficient (Wildman–Crippen LogP) is 1.89. The number of hydrogen-bond acceptors (Lipinski definition) is 8. The highest BCUT2D eigenvalue weighted by atomic mass is 19.3. The van der Waals surface area contributed by atoms with E-state index in [4.69, 9.17) is 0 Å². The molecular weight excluding hydrogens is 628 g/mol. The zero-order chi connectivity index (χ0) is 35.3. The maximum atomic E-state index is 14.3. The van der Waals surface area contributed by atoms with E-state index in [-0.39, 0.29) is 48.5 Å². The van der Waals surface area contributed by atoms with Crippen molar-refractivity contribution in [3.8, 4) is 0 Å². The molecule has 13 nitrogen and oxygen atoms in total. The SMILES string of the molecule is CC(C)[C@H](NC(=O)c1cnccn1)C(=O)N[C@@H](CC(C)(C)C)C(=O)N1CC2CCCC2[C@H]1C(=O)N/C(=C/C(F)F)C(=O)C(=O)NC1CC1. The van der Waals surface area contributed by atoms with Crippen LogP contribution in [0.25, 0.3) is 0 Å². The molecule has 4 N–H and O–H groups in total. The van der Waals surface area contributed by atoms with Crippen LogP contribution in [0.2, 0.25) is 0 Å². The van der Waals surface area contributed by atoms with Crippen molar-refractivity contribution in [1.82, 2.24) is 36.1 Å². The first-order valence-electron chi connectivity index (χ1n) is 16.4. The van der Waals surface area contributed by atoms with Gasteiger partial charge in [-0.25, -0.2) is 13.8 Å². The zero-order valence-electron chi connectivity index (χ0n) is 27.9. The summed E-state index contributed by atoms with van der Waals surface area (Å²) in [6, 6.07) is -3.48. The Balaban J connectivity index is 1.57. The van der Waals surface area contributed by atoms with Crippen LogP contribution in [0.5, 0.6) is 0 Å². The molecule has 2 aliphatic carbocycles. The number of ketones is 1. The largest absolute Gasteiger partial charge is 0.346 e. The normalized spacial score (nSPS) is 22.1. The molecule has 1 aliphatic heterocycles. The standard InChI is InChI=1S/C33H45F2N7O6/c1-17(2)25(41-28(44)23-15-36-11-12-37-23)29(45)40-22(14-33(3,4)5)32(48)42-16-18-7-6-8-20(18)26(42)30(46)39-21(13-24(34)35)27(43)31(47)38-19-9-10-19/h11-13,15,17-20,22,24-26H,6-10,14,16H2,1-5H3,(H,38,47)(H,39,46)(H,40,45)(H,41,44)/b21-13+/t18?,20?,22-,25-,26-/m0/s1. The average Bonchev–Trinajstić information content (AvgIpc) is 3.58. The van der Waals surface area contributed by atoms with Crippen LogP contribution < -0.4 is 21.3 Å². The highest BCUT2D eigenvalue weighted by Gasteiger charge is 2.51. The Morgan fingerprint density at radius 2 is 1.73 bits per heavy atom. The van der Waals surface area contributed by atoms with Gasteiger partial charge in [0, 0.05) is 31.1 Å². The van der Waals surface area contributed by atoms with Crippen molar-refractivity contribution in [2.24, 2.45) is 23.2 Å². The number of rotatable bonds is 13. The molecule has 2 unspecified atom stereocenters. The van der Waals surface area contributed by atoms with Gasteiger partial charge in [-0.3, -0.25) is 33.8 Å². The van der Waals surface area contributed by atoms with E-state index >= 15 is 0 Å². The smallest absolute Gasteiger partial charge is 0.294 e. The van der Waals surface area contributed by atoms with E-state index in [1.54, 1.807) is 13.8 Å². The first-order valence-corrected chi connectivity index (χ1v) is 16.4. The predicted molar refractivity (Wildman–Crippen MR) is 169 cm³/mol. The number of nitrogens with zero attached hydrogens (tertiary/aromatic N) is 3. The molecule has 2 heterocycles. The third kappa shape index (κ3) is 9.41. The third-order valence-corrected chi connectivity index (χ3v) is 8.82. The number of fused-ring (bicyclic) bond motifs is 1. The van der Waals surface area contributed by atoms with Gasteiger partial charge < -0.3 is 26.2 Å². The molecule has 1 saturated heterocycles. The Morgan fingerprint density at radius 3 is 2.31 bits per heavy atom. The Hall–Kier alpha value is -4.30. The molecule has 0 bridgehead atoms. The minimum atomic E-state index is -3.13. The lowest BCUT2D eigenvalue weighted by atomic mass is 9.87. The molecule has 5 amide bonds. The summed E-state index contributed by atoms with van der Waals surface area (Å²) in [4.78, 5) is 89.1. The van der Waals surface area contributed by atoms with Gasteiger partial charge in [0.1, 0.15) is 23.8 Å². The summed E-state index contributed by atoms with van der Waals surface area (Å²) in [5.74, 6) is -5.76. The van der Waals surface area contributed by atoms with E-state index in [1.807, 2.05) is 20.8 Å². The molecule has 1 aromatic rings. The van der Waals surface area contributed by atoms with Crippen molar-refractivity contribution in [2.45, 2.75) is 104 Å². The molecule has 3 aliphatic rings. The number of nitrogens with one attached hydrogen (secondary N) is 4. The molecule has 1 aromatic heterocycles. The maximum Gasteiger partial charge on any atom is 0.294 e. The molecule has 4 rings (SSSR count). The number of carbonyl (C=O) groups is 6. The minimum Gasteiger partial charge on any atom is -0.346 e. The Morgan fingerprint density at radius 1 is 1.02 bits per heavy atom. The van der Waals surface area contributed by atoms with Gasteiger partial charge in [-0.15, -0.1) is 0 Å². The first kappa shape index (κ1) is 36.5. The second-order valence-electron chi connectivity index (χ2n) is 14.4. The van der Waals surface area contributed by atoms with Crippen molar-refractivity contribution in [2.75, 3.05) is 6.54 Å². The van der Waals surface area contributed by atoms with Gasteiger partial charge in [0.05, 0.1) is 11.9 Å². The summed E-state index contributed by atoms with van der Waals surface area (Å²) in [6.45, 7) is 9.33. The van der Waals surface area contributed by atoms with Crippen LogP contribution >= 0.6 is 0 Å². The lowest BCUT2D eigenvalue weighted by Gasteiger charge is -2.34. The number of Topliss-reactive ketones (excluding diaryl/α,β-unsaturated/α-hetero) is 1. The molecule has 0 radical (unpaired) electrons. The maximum absolute atomic E-state index is 14.3. The summed E-state index contributed by atoms with van der Waals surface area (Å²) in [5, 5.41) is 10.2. The number of likely N-dealkylation sites (tertiary alicyclic amines) is 1. The number of allylic oxidation sites excluding steroid dienone is 1. The molecule has 5 atom stereocenters. The van der Waals surface area contributed by atoms with Gasteiger partial charge in [0.2, 0.25) is 17.7 Å². The van der Waals surface area contributed by atoms with Gasteiger partial charge in [-0.05, 0) is 55.3 Å². The van der Waals surface area contributed by atoms with Crippen LogP contribution in [-0.2, 0) is 24.0 Å². The molecule has 48 heavy (non-hydrogen) atoms. The van der Waals surface area contributed by atoms with E-state index in [1.165, 1.54) is 23.5 Å². The van der Waals surface area contributed by atoms with Crippen LogP contribution in [0.4, 0.5) is 8.78 Å². The highest BCUT2D eigenvalue weighted by Crippen LogP contribution is 2.43. The van der Waals surface area contributed by atoms with Gasteiger partial charge in [-0.1, -0.05) is 41.0 Å². The molecule has 15 heteroatoms. The number of halogens is 2. The van der Waals surface area contributed by atoms with Crippen LogP contribution in [-0.4, -0.2) is 87.3 Å². The van der Waals surface area contributed by atoms with Gasteiger partial charge in [0.25, 0.3) is 24.0 Å². The van der Waals surface area contributed by atoms with Gasteiger partial charge in [0.15, 0.2) is 0 Å². The summed E-state index contributed by atoms with van der Waals surface area (Å²) < 4.78 is 26.9.